The number of ether oxygens (including phenoxy) is 1. The highest BCUT2D eigenvalue weighted by Crippen LogP contribution is 2.28. The van der Waals surface area contributed by atoms with E-state index in [1.807, 2.05) is 0 Å². The van der Waals surface area contributed by atoms with Crippen molar-refractivity contribution in [3.63, 3.8) is 0 Å². The molecular formula is C14H19Cl2NO3S. The SMILES string of the molecule is COC1CN(S(=O)(=O)c2ccc(Cl)c(CCl)c2)CCC1C. The maximum Gasteiger partial charge on any atom is 0.243 e. The van der Waals surface area contributed by atoms with E-state index < -0.39 is 10.0 Å². The van der Waals surface area contributed by atoms with Crippen LogP contribution in [0.1, 0.15) is 18.9 Å². The zero-order chi connectivity index (χ0) is 15.6. The van der Waals surface area contributed by atoms with Crippen molar-refractivity contribution in [2.75, 3.05) is 20.2 Å². The third-order valence-electron chi connectivity index (χ3n) is 3.95. The second-order valence-corrected chi connectivity index (χ2v) is 7.90. The molecule has 118 valence electrons. The third kappa shape index (κ3) is 3.54. The van der Waals surface area contributed by atoms with Gasteiger partial charge in [-0.25, -0.2) is 8.42 Å². The van der Waals surface area contributed by atoms with E-state index in [0.717, 1.165) is 6.42 Å². The summed E-state index contributed by atoms with van der Waals surface area (Å²) in [6.45, 7) is 2.95. The van der Waals surface area contributed by atoms with Crippen molar-refractivity contribution in [3.8, 4) is 0 Å². The van der Waals surface area contributed by atoms with E-state index >= 15 is 0 Å². The molecule has 1 fully saturated rings. The summed E-state index contributed by atoms with van der Waals surface area (Å²) in [4.78, 5) is 0.229. The van der Waals surface area contributed by atoms with E-state index in [1.54, 1.807) is 19.2 Å². The number of benzene rings is 1. The Labute approximate surface area is 136 Å². The highest BCUT2D eigenvalue weighted by molar-refractivity contribution is 7.89. The molecule has 2 atom stereocenters. The lowest BCUT2D eigenvalue weighted by Gasteiger charge is -2.35. The molecule has 2 rings (SSSR count). The lowest BCUT2D eigenvalue weighted by atomic mass is 9.97. The molecule has 21 heavy (non-hydrogen) atoms. The molecule has 1 aliphatic rings. The van der Waals surface area contributed by atoms with Gasteiger partial charge in [0.15, 0.2) is 0 Å². The topological polar surface area (TPSA) is 46.6 Å². The number of rotatable bonds is 4. The summed E-state index contributed by atoms with van der Waals surface area (Å²) in [5, 5.41) is 0.478. The van der Waals surface area contributed by atoms with Crippen molar-refractivity contribution in [2.45, 2.75) is 30.2 Å². The molecule has 2 unspecified atom stereocenters. The fraction of sp³-hybridized carbons (Fsp3) is 0.571. The summed E-state index contributed by atoms with van der Waals surface area (Å²) in [6.07, 6.45) is 0.710. The predicted octanol–water partition coefficient (Wildman–Crippen LogP) is 3.12. The van der Waals surface area contributed by atoms with E-state index in [2.05, 4.69) is 6.92 Å². The molecule has 4 nitrogen and oxygen atoms in total. The minimum absolute atomic E-state index is 0.0756. The number of methoxy groups -OCH3 is 1. The second kappa shape index (κ2) is 6.84. The van der Waals surface area contributed by atoms with Gasteiger partial charge in [0.2, 0.25) is 10.0 Å². The standard InChI is InChI=1S/C14H19Cl2NO3S/c1-10-5-6-17(9-14(10)20-2)21(18,19)12-3-4-13(16)11(7-12)8-15/h3-4,7,10,14H,5-6,8-9H2,1-2H3. The molecule has 0 spiro atoms. The molecule has 1 aliphatic heterocycles. The Balaban J connectivity index is 2.30. The van der Waals surface area contributed by atoms with Gasteiger partial charge in [-0.3, -0.25) is 0 Å². The minimum atomic E-state index is -3.54. The van der Waals surface area contributed by atoms with Crippen molar-refractivity contribution >= 4 is 33.2 Å². The quantitative estimate of drug-likeness (QED) is 0.783. The van der Waals surface area contributed by atoms with Crippen LogP contribution < -0.4 is 0 Å². The summed E-state index contributed by atoms with van der Waals surface area (Å²) in [5.74, 6) is 0.532. The Hall–Kier alpha value is -0.330. The molecule has 0 bridgehead atoms. The number of alkyl halides is 1. The van der Waals surface area contributed by atoms with Gasteiger partial charge < -0.3 is 4.74 Å². The Morgan fingerprint density at radius 1 is 1.43 bits per heavy atom. The fourth-order valence-electron chi connectivity index (χ4n) is 2.49. The molecule has 1 heterocycles. The largest absolute Gasteiger partial charge is 0.380 e. The molecule has 0 aromatic heterocycles. The first-order chi connectivity index (χ1) is 9.90. The van der Waals surface area contributed by atoms with Crippen molar-refractivity contribution in [3.05, 3.63) is 28.8 Å². The van der Waals surface area contributed by atoms with Crippen LogP contribution in [-0.4, -0.2) is 39.0 Å². The third-order valence-corrected chi connectivity index (χ3v) is 6.47. The van der Waals surface area contributed by atoms with E-state index in [0.29, 0.717) is 29.6 Å². The van der Waals surface area contributed by atoms with Crippen LogP contribution in [0.2, 0.25) is 5.02 Å². The minimum Gasteiger partial charge on any atom is -0.380 e. The van der Waals surface area contributed by atoms with Crippen LogP contribution in [0.15, 0.2) is 23.1 Å². The van der Waals surface area contributed by atoms with Crippen LogP contribution in [0.3, 0.4) is 0 Å². The molecule has 1 aromatic rings. The van der Waals surface area contributed by atoms with Crippen LogP contribution in [0.5, 0.6) is 0 Å². The Bertz CT molecular complexity index is 606. The summed E-state index contributed by atoms with van der Waals surface area (Å²) in [6, 6.07) is 4.64. The van der Waals surface area contributed by atoms with E-state index in [4.69, 9.17) is 27.9 Å². The van der Waals surface area contributed by atoms with Gasteiger partial charge >= 0.3 is 0 Å². The summed E-state index contributed by atoms with van der Waals surface area (Å²) in [7, 11) is -1.93. The van der Waals surface area contributed by atoms with Gasteiger partial charge in [-0.1, -0.05) is 18.5 Å². The molecule has 1 saturated heterocycles. The van der Waals surface area contributed by atoms with E-state index in [-0.39, 0.29) is 16.9 Å². The first-order valence-corrected chi connectivity index (χ1v) is 9.12. The monoisotopic (exact) mass is 351 g/mol. The lowest BCUT2D eigenvalue weighted by Crippen LogP contribution is -2.46. The van der Waals surface area contributed by atoms with Gasteiger partial charge in [-0.2, -0.15) is 4.31 Å². The normalized spacial score (nSPS) is 24.2. The van der Waals surface area contributed by atoms with Crippen LogP contribution in [0.25, 0.3) is 0 Å². The fourth-order valence-corrected chi connectivity index (χ4v) is 4.49. The maximum atomic E-state index is 12.7. The first kappa shape index (κ1) is 17.0. The zero-order valence-corrected chi connectivity index (χ0v) is 14.4. The second-order valence-electron chi connectivity index (χ2n) is 5.29. The molecule has 0 saturated carbocycles. The number of halogens is 2. The average molecular weight is 352 g/mol. The van der Waals surface area contributed by atoms with Gasteiger partial charge in [0.1, 0.15) is 0 Å². The average Bonchev–Trinajstić information content (AvgIpc) is 2.47. The molecule has 0 aliphatic carbocycles. The maximum absolute atomic E-state index is 12.7. The van der Waals surface area contributed by atoms with E-state index in [9.17, 15) is 8.42 Å². The first-order valence-electron chi connectivity index (χ1n) is 6.77. The summed E-state index contributed by atoms with van der Waals surface area (Å²) < 4.78 is 32.3. The Morgan fingerprint density at radius 3 is 2.76 bits per heavy atom. The Morgan fingerprint density at radius 2 is 2.14 bits per heavy atom. The van der Waals surface area contributed by atoms with Crippen LogP contribution in [0.4, 0.5) is 0 Å². The van der Waals surface area contributed by atoms with Crippen molar-refractivity contribution in [2.24, 2.45) is 5.92 Å². The Kier molecular flexibility index (Phi) is 5.54. The number of hydrogen-bond acceptors (Lipinski definition) is 3. The molecule has 0 N–H and O–H groups in total. The van der Waals surface area contributed by atoms with Gasteiger partial charge in [-0.05, 0) is 36.1 Å². The zero-order valence-electron chi connectivity index (χ0n) is 12.1. The van der Waals surface area contributed by atoms with Gasteiger partial charge in [0, 0.05) is 31.1 Å². The summed E-state index contributed by atoms with van der Waals surface area (Å²) >= 11 is 11.8. The molecule has 1 aromatic carbocycles. The number of sulfonamides is 1. The smallest absolute Gasteiger partial charge is 0.243 e. The number of piperidine rings is 1. The highest BCUT2D eigenvalue weighted by Gasteiger charge is 2.33. The lowest BCUT2D eigenvalue weighted by molar-refractivity contribution is 0.0184. The van der Waals surface area contributed by atoms with Gasteiger partial charge in [-0.15, -0.1) is 11.6 Å². The predicted molar refractivity (Wildman–Crippen MR) is 84.3 cm³/mol. The van der Waals surface area contributed by atoms with Crippen molar-refractivity contribution in [1.82, 2.24) is 4.31 Å². The summed E-state index contributed by atoms with van der Waals surface area (Å²) in [5.41, 5.74) is 0.619. The van der Waals surface area contributed by atoms with E-state index in [1.165, 1.54) is 10.4 Å². The van der Waals surface area contributed by atoms with Gasteiger partial charge in [0.05, 0.1) is 11.0 Å². The number of nitrogens with zero attached hydrogens (tertiary/aromatic N) is 1. The van der Waals surface area contributed by atoms with Crippen molar-refractivity contribution in [1.29, 1.82) is 0 Å². The van der Waals surface area contributed by atoms with Gasteiger partial charge in [0.25, 0.3) is 0 Å². The van der Waals surface area contributed by atoms with Crippen LogP contribution >= 0.6 is 23.2 Å². The van der Waals surface area contributed by atoms with Crippen LogP contribution in [0, 0.1) is 5.92 Å². The number of hydrogen-bond donors (Lipinski definition) is 0. The molecule has 0 amide bonds. The highest BCUT2D eigenvalue weighted by atomic mass is 35.5. The molecular weight excluding hydrogens is 333 g/mol. The van der Waals surface area contributed by atoms with Crippen molar-refractivity contribution < 1.29 is 13.2 Å². The molecule has 0 radical (unpaired) electrons. The molecule has 7 heteroatoms. The van der Waals surface area contributed by atoms with Crippen LogP contribution in [-0.2, 0) is 20.6 Å².